The molecule has 218 valence electrons. The molecule has 1 amide bonds. The van der Waals surface area contributed by atoms with Crippen LogP contribution in [-0.2, 0) is 29.2 Å². The molecule has 37 heavy (non-hydrogen) atoms. The van der Waals surface area contributed by atoms with Crippen molar-refractivity contribution < 1.29 is 42.3 Å². The van der Waals surface area contributed by atoms with E-state index in [-0.39, 0.29) is 32.2 Å². The Labute approximate surface area is 222 Å². The van der Waals surface area contributed by atoms with Crippen LogP contribution in [0.3, 0.4) is 0 Å². The summed E-state index contributed by atoms with van der Waals surface area (Å²) in [5.74, 6) is -2.36. The van der Waals surface area contributed by atoms with E-state index in [1.165, 1.54) is 62.7 Å². The molecule has 0 spiro atoms. The quantitative estimate of drug-likeness (QED) is 0.0908. The van der Waals surface area contributed by atoms with Crippen molar-refractivity contribution in [3.8, 4) is 0 Å². The Morgan fingerprint density at radius 1 is 0.811 bits per heavy atom. The van der Waals surface area contributed by atoms with Crippen LogP contribution in [0.2, 0.25) is 0 Å². The molecule has 0 aliphatic heterocycles. The summed E-state index contributed by atoms with van der Waals surface area (Å²) in [4.78, 5) is 36.4. The molecule has 0 heterocycles. The van der Waals surface area contributed by atoms with Crippen LogP contribution < -0.4 is 0 Å². The Hall–Kier alpha value is -1.72. The number of aliphatic carboxylic acids is 1. The van der Waals surface area contributed by atoms with E-state index in [1.807, 2.05) is 0 Å². The molecule has 0 aliphatic rings. The lowest BCUT2D eigenvalue weighted by Crippen LogP contribution is -2.37. The second-order valence-electron chi connectivity index (χ2n) is 10.0. The average molecular weight is 552 g/mol. The molecule has 0 aromatic heterocycles. The highest BCUT2D eigenvalue weighted by Crippen LogP contribution is 2.14. The first-order chi connectivity index (χ1) is 17.5. The highest BCUT2D eigenvalue weighted by atomic mass is 32.2. The van der Waals surface area contributed by atoms with Gasteiger partial charge in [-0.25, -0.2) is 0 Å². The maximum atomic E-state index is 12.4. The summed E-state index contributed by atoms with van der Waals surface area (Å²) < 4.78 is 35.8. The third-order valence-electron chi connectivity index (χ3n) is 6.26. The minimum Gasteiger partial charge on any atom is -0.480 e. The number of carbonyl (C=O) groups is 3. The van der Waals surface area contributed by atoms with Gasteiger partial charge in [0.1, 0.15) is 6.61 Å². The standard InChI is InChI=1S/C26H49NO9S/c1-22(2)15-13-11-9-7-5-3-4-6-8-10-12-14-16-24(29)27(17-19-28)18-20-36-25(30)21-23(26(31)32)37(33,34)35/h22-23,28H,3-21H2,1-2H3,(H,31,32)(H,33,34,35). The highest BCUT2D eigenvalue weighted by Gasteiger charge is 2.34. The summed E-state index contributed by atoms with van der Waals surface area (Å²) in [5.41, 5.74) is 0. The predicted molar refractivity (Wildman–Crippen MR) is 142 cm³/mol. The molecule has 0 aliphatic carbocycles. The van der Waals surface area contributed by atoms with Gasteiger partial charge in [-0.05, 0) is 12.3 Å². The van der Waals surface area contributed by atoms with E-state index in [9.17, 15) is 27.9 Å². The summed E-state index contributed by atoms with van der Waals surface area (Å²) in [6, 6.07) is 0. The van der Waals surface area contributed by atoms with Crippen LogP contribution in [-0.4, -0.2) is 77.5 Å². The van der Waals surface area contributed by atoms with Gasteiger partial charge in [-0.1, -0.05) is 90.9 Å². The number of aliphatic hydroxyl groups excluding tert-OH is 1. The zero-order valence-corrected chi connectivity index (χ0v) is 23.6. The summed E-state index contributed by atoms with van der Waals surface area (Å²) in [6.45, 7) is 4.07. The molecule has 0 aromatic rings. The van der Waals surface area contributed by atoms with Crippen LogP contribution in [0.15, 0.2) is 0 Å². The summed E-state index contributed by atoms with van der Waals surface area (Å²) in [6.07, 6.45) is 14.9. The second kappa shape index (κ2) is 21.2. The number of nitrogens with zero attached hydrogens (tertiary/aromatic N) is 1. The van der Waals surface area contributed by atoms with Gasteiger partial charge in [-0.3, -0.25) is 18.9 Å². The van der Waals surface area contributed by atoms with Gasteiger partial charge in [-0.2, -0.15) is 8.42 Å². The van der Waals surface area contributed by atoms with Crippen molar-refractivity contribution in [1.82, 2.24) is 4.90 Å². The fourth-order valence-electron chi connectivity index (χ4n) is 4.04. The smallest absolute Gasteiger partial charge is 0.325 e. The number of esters is 1. The number of aliphatic hydroxyl groups is 1. The Bertz CT molecular complexity index is 740. The maximum Gasteiger partial charge on any atom is 0.325 e. The van der Waals surface area contributed by atoms with Gasteiger partial charge in [-0.15, -0.1) is 0 Å². The SMILES string of the molecule is CC(C)CCCCCCCCCCCCCCC(=O)N(CCO)CCOC(=O)CC(C(=O)O)S(=O)(=O)O. The number of rotatable bonds is 24. The number of carboxylic acid groups (broad SMARTS) is 1. The Morgan fingerprint density at radius 2 is 1.30 bits per heavy atom. The molecule has 0 saturated heterocycles. The van der Waals surface area contributed by atoms with Crippen LogP contribution >= 0.6 is 0 Å². The van der Waals surface area contributed by atoms with E-state index in [0.29, 0.717) is 6.42 Å². The van der Waals surface area contributed by atoms with E-state index < -0.39 is 33.7 Å². The van der Waals surface area contributed by atoms with E-state index in [4.69, 9.17) is 14.4 Å². The van der Waals surface area contributed by atoms with Crippen molar-refractivity contribution in [3.63, 3.8) is 0 Å². The first-order valence-corrected chi connectivity index (χ1v) is 15.2. The van der Waals surface area contributed by atoms with Crippen molar-refractivity contribution in [3.05, 3.63) is 0 Å². The van der Waals surface area contributed by atoms with Gasteiger partial charge in [0.25, 0.3) is 10.1 Å². The van der Waals surface area contributed by atoms with Crippen molar-refractivity contribution in [2.24, 2.45) is 5.92 Å². The monoisotopic (exact) mass is 551 g/mol. The van der Waals surface area contributed by atoms with Crippen LogP contribution in [0.5, 0.6) is 0 Å². The van der Waals surface area contributed by atoms with Crippen LogP contribution in [0.1, 0.15) is 110 Å². The average Bonchev–Trinajstić information content (AvgIpc) is 2.80. The topological polar surface area (TPSA) is 159 Å². The first kappa shape index (κ1) is 35.3. The number of ether oxygens (including phenoxy) is 1. The van der Waals surface area contributed by atoms with Gasteiger partial charge in [0.15, 0.2) is 5.25 Å². The molecular formula is C26H49NO9S. The summed E-state index contributed by atoms with van der Waals surface area (Å²) >= 11 is 0. The lowest BCUT2D eigenvalue weighted by Gasteiger charge is -2.21. The normalized spacial score (nSPS) is 12.5. The molecule has 0 rings (SSSR count). The predicted octanol–water partition coefficient (Wildman–Crippen LogP) is 4.20. The number of hydrogen-bond acceptors (Lipinski definition) is 7. The fraction of sp³-hybridized carbons (Fsp3) is 0.885. The molecule has 0 fully saturated rings. The highest BCUT2D eigenvalue weighted by molar-refractivity contribution is 7.87. The first-order valence-electron chi connectivity index (χ1n) is 13.7. The van der Waals surface area contributed by atoms with Gasteiger partial charge in [0, 0.05) is 13.0 Å². The van der Waals surface area contributed by atoms with Gasteiger partial charge < -0.3 is 19.8 Å². The molecule has 1 unspecified atom stereocenters. The number of unbranched alkanes of at least 4 members (excludes halogenated alkanes) is 11. The second-order valence-corrected chi connectivity index (χ2v) is 11.6. The number of carboxylic acids is 1. The third kappa shape index (κ3) is 20.0. The van der Waals surface area contributed by atoms with E-state index in [2.05, 4.69) is 13.8 Å². The van der Waals surface area contributed by atoms with Crippen LogP contribution in [0.25, 0.3) is 0 Å². The Balaban J connectivity index is 3.94. The maximum absolute atomic E-state index is 12.4. The van der Waals surface area contributed by atoms with Gasteiger partial charge in [0.05, 0.1) is 19.6 Å². The minimum atomic E-state index is -4.95. The minimum absolute atomic E-state index is 0.00747. The molecule has 10 nitrogen and oxygen atoms in total. The van der Waals surface area contributed by atoms with Crippen LogP contribution in [0.4, 0.5) is 0 Å². The van der Waals surface area contributed by atoms with E-state index in [1.54, 1.807) is 0 Å². The largest absolute Gasteiger partial charge is 0.480 e. The molecule has 0 radical (unpaired) electrons. The lowest BCUT2D eigenvalue weighted by atomic mass is 10.0. The fourth-order valence-corrected chi connectivity index (χ4v) is 4.64. The molecule has 1 atom stereocenters. The molecule has 0 aromatic carbocycles. The van der Waals surface area contributed by atoms with Crippen molar-refractivity contribution in [2.75, 3.05) is 26.3 Å². The lowest BCUT2D eigenvalue weighted by molar-refractivity contribution is -0.148. The van der Waals surface area contributed by atoms with E-state index >= 15 is 0 Å². The summed E-state index contributed by atoms with van der Waals surface area (Å²) in [7, 11) is -4.95. The number of hydrogen-bond donors (Lipinski definition) is 3. The Kier molecular flexibility index (Phi) is 20.3. The molecule has 11 heteroatoms. The number of carbonyl (C=O) groups excluding carboxylic acids is 2. The zero-order chi connectivity index (χ0) is 28.1. The molecule has 0 bridgehead atoms. The molecule has 0 saturated carbocycles. The summed E-state index contributed by atoms with van der Waals surface area (Å²) in [5, 5.41) is 15.7. The van der Waals surface area contributed by atoms with Crippen LogP contribution in [0, 0.1) is 5.92 Å². The Morgan fingerprint density at radius 3 is 1.73 bits per heavy atom. The third-order valence-corrected chi connectivity index (χ3v) is 7.34. The number of amides is 1. The zero-order valence-electron chi connectivity index (χ0n) is 22.7. The molecule has 3 N–H and O–H groups in total. The van der Waals surface area contributed by atoms with E-state index in [0.717, 1.165) is 31.6 Å². The van der Waals surface area contributed by atoms with Crippen molar-refractivity contribution in [1.29, 1.82) is 0 Å². The van der Waals surface area contributed by atoms with Crippen molar-refractivity contribution >= 4 is 28.0 Å². The van der Waals surface area contributed by atoms with Gasteiger partial charge in [0.2, 0.25) is 5.91 Å². The molecular weight excluding hydrogens is 502 g/mol. The van der Waals surface area contributed by atoms with Gasteiger partial charge >= 0.3 is 11.9 Å². The van der Waals surface area contributed by atoms with Crippen molar-refractivity contribution in [2.45, 2.75) is 115 Å².